The van der Waals surface area contributed by atoms with Gasteiger partial charge < -0.3 is 14.7 Å². The van der Waals surface area contributed by atoms with Crippen molar-refractivity contribution < 1.29 is 23.8 Å². The van der Waals surface area contributed by atoms with E-state index in [9.17, 15) is 14.0 Å². The van der Waals surface area contributed by atoms with Crippen LogP contribution < -0.4 is 4.74 Å². The molecule has 0 spiro atoms. The van der Waals surface area contributed by atoms with Crippen molar-refractivity contribution in [2.24, 2.45) is 0 Å². The Bertz CT molecular complexity index is 594. The maximum Gasteiger partial charge on any atom is 0.317 e. The van der Waals surface area contributed by atoms with Gasteiger partial charge in [0.1, 0.15) is 11.6 Å². The van der Waals surface area contributed by atoms with Gasteiger partial charge in [-0.25, -0.2) is 4.39 Å². The van der Waals surface area contributed by atoms with Crippen LogP contribution in [0.5, 0.6) is 5.75 Å². The van der Waals surface area contributed by atoms with E-state index in [1.807, 2.05) is 16.8 Å². The van der Waals surface area contributed by atoms with Gasteiger partial charge >= 0.3 is 5.97 Å². The number of nitrogens with zero attached hydrogens (tertiary/aromatic N) is 2. The van der Waals surface area contributed by atoms with E-state index in [1.54, 1.807) is 12.1 Å². The molecule has 0 aliphatic carbocycles. The van der Waals surface area contributed by atoms with Gasteiger partial charge in [-0.05, 0) is 57.0 Å². The van der Waals surface area contributed by atoms with E-state index in [1.165, 1.54) is 12.1 Å². The van der Waals surface area contributed by atoms with Crippen LogP contribution >= 0.6 is 0 Å². The Morgan fingerprint density at radius 2 is 2.00 bits per heavy atom. The fraction of sp³-hybridized carbons (Fsp3) is 0.579. The van der Waals surface area contributed by atoms with Gasteiger partial charge in [-0.3, -0.25) is 14.5 Å². The third-order valence-electron chi connectivity index (χ3n) is 4.68. The normalized spacial score (nSPS) is 17.8. The number of carbonyl (C=O) groups is 2. The number of hydrogen-bond donors (Lipinski definition) is 1. The van der Waals surface area contributed by atoms with E-state index in [-0.39, 0.29) is 24.3 Å². The Labute approximate surface area is 153 Å². The zero-order chi connectivity index (χ0) is 18.9. The van der Waals surface area contributed by atoms with E-state index in [4.69, 9.17) is 9.84 Å². The van der Waals surface area contributed by atoms with Crippen LogP contribution in [0.1, 0.15) is 32.1 Å². The molecule has 0 saturated carbocycles. The van der Waals surface area contributed by atoms with Crippen molar-refractivity contribution in [3.8, 4) is 5.75 Å². The average Bonchev–Trinajstić information content (AvgIpc) is 2.86. The molecular formula is C19H27FN2O4. The summed E-state index contributed by atoms with van der Waals surface area (Å²) >= 11 is 0. The van der Waals surface area contributed by atoms with Crippen molar-refractivity contribution >= 4 is 11.9 Å². The molecule has 6 nitrogen and oxygen atoms in total. The summed E-state index contributed by atoms with van der Waals surface area (Å²) in [5.74, 6) is -0.431. The van der Waals surface area contributed by atoms with Gasteiger partial charge in [-0.1, -0.05) is 0 Å². The molecule has 1 saturated heterocycles. The standard InChI is InChI=1S/C19H27FN2O4/c1-21(14-19(24)25)16-4-2-11-22(12-10-16)18(23)5-3-13-26-17-8-6-15(20)7-9-17/h6-9,16H,2-5,10-14H2,1H3,(H,24,25). The second-order valence-corrected chi connectivity index (χ2v) is 6.68. The summed E-state index contributed by atoms with van der Waals surface area (Å²) in [4.78, 5) is 26.9. The molecule has 26 heavy (non-hydrogen) atoms. The quantitative estimate of drug-likeness (QED) is 0.716. The molecule has 1 fully saturated rings. The predicted molar refractivity (Wildman–Crippen MR) is 95.6 cm³/mol. The Morgan fingerprint density at radius 1 is 1.27 bits per heavy atom. The van der Waals surface area contributed by atoms with Crippen LogP contribution in [0.25, 0.3) is 0 Å². The molecular weight excluding hydrogens is 339 g/mol. The first-order chi connectivity index (χ1) is 12.5. The van der Waals surface area contributed by atoms with Crippen LogP contribution in [0.2, 0.25) is 0 Å². The minimum Gasteiger partial charge on any atom is -0.494 e. The molecule has 1 unspecified atom stereocenters. The fourth-order valence-electron chi connectivity index (χ4n) is 3.21. The summed E-state index contributed by atoms with van der Waals surface area (Å²) in [7, 11) is 1.82. The lowest BCUT2D eigenvalue weighted by Gasteiger charge is -2.25. The van der Waals surface area contributed by atoms with Crippen molar-refractivity contribution in [1.29, 1.82) is 0 Å². The minimum atomic E-state index is -0.828. The van der Waals surface area contributed by atoms with E-state index in [0.29, 0.717) is 31.7 Å². The first-order valence-electron chi connectivity index (χ1n) is 9.04. The number of likely N-dealkylation sites (N-methyl/N-ethyl adjacent to an activating group) is 1. The molecule has 0 radical (unpaired) electrons. The van der Waals surface area contributed by atoms with Crippen molar-refractivity contribution in [2.45, 2.75) is 38.1 Å². The van der Waals surface area contributed by atoms with Crippen molar-refractivity contribution in [3.05, 3.63) is 30.1 Å². The molecule has 1 aliphatic rings. The van der Waals surface area contributed by atoms with Gasteiger partial charge in [0, 0.05) is 25.6 Å². The predicted octanol–water partition coefficient (Wildman–Crippen LogP) is 2.38. The first kappa shape index (κ1) is 20.2. The number of carboxylic acids is 1. The number of amides is 1. The molecule has 144 valence electrons. The number of hydrogen-bond acceptors (Lipinski definition) is 4. The van der Waals surface area contributed by atoms with Crippen LogP contribution in [0, 0.1) is 5.82 Å². The zero-order valence-corrected chi connectivity index (χ0v) is 15.2. The molecule has 1 aromatic rings. The molecule has 1 aromatic carbocycles. The highest BCUT2D eigenvalue weighted by molar-refractivity contribution is 5.76. The smallest absolute Gasteiger partial charge is 0.317 e. The Hall–Kier alpha value is -2.15. The van der Waals surface area contributed by atoms with Crippen LogP contribution in [-0.4, -0.2) is 66.1 Å². The summed E-state index contributed by atoms with van der Waals surface area (Å²) < 4.78 is 18.3. The molecule has 1 aliphatic heterocycles. The summed E-state index contributed by atoms with van der Waals surface area (Å²) in [5, 5.41) is 8.90. The topological polar surface area (TPSA) is 70.1 Å². The Balaban J connectivity index is 1.69. The number of halogens is 1. The van der Waals surface area contributed by atoms with Crippen molar-refractivity contribution in [3.63, 3.8) is 0 Å². The van der Waals surface area contributed by atoms with Gasteiger partial charge in [0.05, 0.1) is 13.2 Å². The number of ether oxygens (including phenoxy) is 1. The van der Waals surface area contributed by atoms with E-state index >= 15 is 0 Å². The molecule has 7 heteroatoms. The zero-order valence-electron chi connectivity index (χ0n) is 15.2. The maximum atomic E-state index is 12.8. The first-order valence-corrected chi connectivity index (χ1v) is 9.04. The van der Waals surface area contributed by atoms with Gasteiger partial charge in [0.25, 0.3) is 0 Å². The number of carbonyl (C=O) groups excluding carboxylic acids is 1. The second kappa shape index (κ2) is 10.1. The van der Waals surface area contributed by atoms with Crippen LogP contribution in [0.15, 0.2) is 24.3 Å². The van der Waals surface area contributed by atoms with Crippen LogP contribution in [-0.2, 0) is 9.59 Å². The van der Waals surface area contributed by atoms with Gasteiger partial charge in [-0.2, -0.15) is 0 Å². The van der Waals surface area contributed by atoms with E-state index < -0.39 is 5.97 Å². The monoisotopic (exact) mass is 366 g/mol. The summed E-state index contributed by atoms with van der Waals surface area (Å²) in [6.07, 6.45) is 3.60. The van der Waals surface area contributed by atoms with E-state index in [2.05, 4.69) is 0 Å². The van der Waals surface area contributed by atoms with Gasteiger partial charge in [-0.15, -0.1) is 0 Å². The van der Waals surface area contributed by atoms with Crippen LogP contribution in [0.4, 0.5) is 4.39 Å². The molecule has 1 heterocycles. The SMILES string of the molecule is CN(CC(=O)O)C1CCCN(C(=O)CCCOc2ccc(F)cc2)CC1. The second-order valence-electron chi connectivity index (χ2n) is 6.68. The highest BCUT2D eigenvalue weighted by Gasteiger charge is 2.23. The molecule has 0 aromatic heterocycles. The lowest BCUT2D eigenvalue weighted by Crippen LogP contribution is -2.37. The molecule has 0 bridgehead atoms. The van der Waals surface area contributed by atoms with Crippen molar-refractivity contribution in [2.75, 3.05) is 33.3 Å². The number of likely N-dealkylation sites (tertiary alicyclic amines) is 1. The highest BCUT2D eigenvalue weighted by atomic mass is 19.1. The number of rotatable bonds is 8. The molecule has 1 amide bonds. The Morgan fingerprint density at radius 3 is 2.69 bits per heavy atom. The lowest BCUT2D eigenvalue weighted by molar-refractivity contribution is -0.138. The summed E-state index contributed by atoms with van der Waals surface area (Å²) in [6, 6.07) is 6.02. The van der Waals surface area contributed by atoms with Gasteiger partial charge in [0.2, 0.25) is 5.91 Å². The highest BCUT2D eigenvalue weighted by Crippen LogP contribution is 2.17. The van der Waals surface area contributed by atoms with E-state index in [0.717, 1.165) is 25.8 Å². The molecule has 1 atom stereocenters. The van der Waals surface area contributed by atoms with Crippen LogP contribution in [0.3, 0.4) is 0 Å². The third-order valence-corrected chi connectivity index (χ3v) is 4.68. The number of aliphatic carboxylic acids is 1. The number of benzene rings is 1. The third kappa shape index (κ3) is 6.63. The molecule has 1 N–H and O–H groups in total. The summed E-state index contributed by atoms with van der Waals surface area (Å²) in [6.45, 7) is 1.82. The molecule has 2 rings (SSSR count). The largest absolute Gasteiger partial charge is 0.494 e. The Kier molecular flexibility index (Phi) is 7.84. The average molecular weight is 366 g/mol. The fourth-order valence-corrected chi connectivity index (χ4v) is 3.21. The lowest BCUT2D eigenvalue weighted by atomic mass is 10.1. The number of carboxylic acid groups (broad SMARTS) is 1. The van der Waals surface area contributed by atoms with Crippen molar-refractivity contribution in [1.82, 2.24) is 9.80 Å². The maximum absolute atomic E-state index is 12.8. The van der Waals surface area contributed by atoms with Gasteiger partial charge in [0.15, 0.2) is 0 Å². The summed E-state index contributed by atoms with van der Waals surface area (Å²) in [5.41, 5.74) is 0. The minimum absolute atomic E-state index is 0.0271.